The molecule has 0 aliphatic rings. The third kappa shape index (κ3) is 3.48. The molecule has 0 spiro atoms. The van der Waals surface area contributed by atoms with Gasteiger partial charge in [-0.25, -0.2) is 0 Å². The minimum absolute atomic E-state index is 0.0341. The SMILES string of the molecule is CCN(CCBr)C(=O)c1snnc1C(C)(C)C. The molecule has 0 aliphatic heterocycles. The van der Waals surface area contributed by atoms with Crippen molar-refractivity contribution in [2.24, 2.45) is 0 Å². The maximum atomic E-state index is 12.3. The summed E-state index contributed by atoms with van der Waals surface area (Å²) in [4.78, 5) is 14.8. The molecule has 6 heteroatoms. The predicted octanol–water partition coefficient (Wildman–Crippen LogP) is 2.69. The smallest absolute Gasteiger partial charge is 0.267 e. The Morgan fingerprint density at radius 2 is 2.12 bits per heavy atom. The van der Waals surface area contributed by atoms with E-state index in [-0.39, 0.29) is 11.3 Å². The van der Waals surface area contributed by atoms with Gasteiger partial charge >= 0.3 is 0 Å². The van der Waals surface area contributed by atoms with Crippen LogP contribution in [0, 0.1) is 0 Å². The summed E-state index contributed by atoms with van der Waals surface area (Å²) in [6.45, 7) is 9.51. The number of amides is 1. The van der Waals surface area contributed by atoms with E-state index < -0.39 is 0 Å². The van der Waals surface area contributed by atoms with Gasteiger partial charge in [0, 0.05) is 23.8 Å². The first kappa shape index (κ1) is 14.6. The number of rotatable bonds is 4. The van der Waals surface area contributed by atoms with Gasteiger partial charge in [-0.05, 0) is 18.5 Å². The topological polar surface area (TPSA) is 46.1 Å². The van der Waals surface area contributed by atoms with Crippen molar-refractivity contribution in [2.75, 3.05) is 18.4 Å². The molecule has 1 heterocycles. The number of nitrogens with zero attached hydrogens (tertiary/aromatic N) is 3. The number of hydrogen-bond acceptors (Lipinski definition) is 4. The molecule has 1 amide bonds. The van der Waals surface area contributed by atoms with Crippen LogP contribution in [0.3, 0.4) is 0 Å². The molecule has 96 valence electrons. The van der Waals surface area contributed by atoms with Crippen LogP contribution < -0.4 is 0 Å². The molecule has 0 aromatic carbocycles. The number of halogens is 1. The van der Waals surface area contributed by atoms with E-state index in [0.29, 0.717) is 18.0 Å². The van der Waals surface area contributed by atoms with E-state index in [0.717, 1.165) is 11.0 Å². The van der Waals surface area contributed by atoms with E-state index in [1.54, 1.807) is 4.90 Å². The summed E-state index contributed by atoms with van der Waals surface area (Å²) in [7, 11) is 0. The normalized spacial score (nSPS) is 11.6. The lowest BCUT2D eigenvalue weighted by molar-refractivity contribution is 0.0777. The summed E-state index contributed by atoms with van der Waals surface area (Å²) in [5.74, 6) is 0.0341. The minimum Gasteiger partial charge on any atom is -0.337 e. The zero-order valence-electron chi connectivity index (χ0n) is 10.7. The Labute approximate surface area is 115 Å². The summed E-state index contributed by atoms with van der Waals surface area (Å²) >= 11 is 4.55. The first-order chi connectivity index (χ1) is 7.91. The van der Waals surface area contributed by atoms with E-state index in [1.807, 2.05) is 27.7 Å². The van der Waals surface area contributed by atoms with E-state index >= 15 is 0 Å². The second-order valence-corrected chi connectivity index (χ2v) is 6.32. The van der Waals surface area contributed by atoms with E-state index in [4.69, 9.17) is 0 Å². The highest BCUT2D eigenvalue weighted by atomic mass is 79.9. The molecule has 0 atom stereocenters. The van der Waals surface area contributed by atoms with Crippen molar-refractivity contribution in [1.29, 1.82) is 0 Å². The number of carbonyl (C=O) groups is 1. The fraction of sp³-hybridized carbons (Fsp3) is 0.727. The Morgan fingerprint density at radius 1 is 1.47 bits per heavy atom. The van der Waals surface area contributed by atoms with Gasteiger partial charge in [-0.2, -0.15) is 0 Å². The van der Waals surface area contributed by atoms with Gasteiger partial charge in [-0.1, -0.05) is 41.2 Å². The van der Waals surface area contributed by atoms with Crippen molar-refractivity contribution < 1.29 is 4.79 Å². The van der Waals surface area contributed by atoms with Crippen LogP contribution in [0.4, 0.5) is 0 Å². The average Bonchev–Trinajstić information content (AvgIpc) is 2.73. The van der Waals surface area contributed by atoms with Crippen LogP contribution >= 0.6 is 27.5 Å². The van der Waals surface area contributed by atoms with Gasteiger partial charge in [0.25, 0.3) is 5.91 Å². The predicted molar refractivity (Wildman–Crippen MR) is 74.0 cm³/mol. The van der Waals surface area contributed by atoms with Gasteiger partial charge in [-0.3, -0.25) is 4.79 Å². The van der Waals surface area contributed by atoms with Gasteiger partial charge in [0.05, 0.1) is 5.69 Å². The van der Waals surface area contributed by atoms with E-state index in [9.17, 15) is 4.79 Å². The fourth-order valence-corrected chi connectivity index (χ4v) is 2.74. The Balaban J connectivity index is 3.00. The molecule has 0 bridgehead atoms. The van der Waals surface area contributed by atoms with Crippen molar-refractivity contribution in [3.05, 3.63) is 10.6 Å². The standard InChI is InChI=1S/C11H18BrN3OS/c1-5-15(7-6-12)10(16)8-9(11(2,3)4)13-14-17-8/h5-7H2,1-4H3. The minimum atomic E-state index is -0.147. The van der Waals surface area contributed by atoms with Crippen LogP contribution in [-0.2, 0) is 5.41 Å². The highest BCUT2D eigenvalue weighted by Gasteiger charge is 2.28. The Morgan fingerprint density at radius 3 is 2.59 bits per heavy atom. The Bertz CT molecular complexity index is 386. The molecule has 1 aromatic heterocycles. The molecular weight excluding hydrogens is 302 g/mol. The molecule has 0 radical (unpaired) electrons. The van der Waals surface area contributed by atoms with Crippen LogP contribution in [0.15, 0.2) is 0 Å². The monoisotopic (exact) mass is 319 g/mol. The first-order valence-corrected chi connectivity index (χ1v) is 7.49. The molecule has 0 fully saturated rings. The van der Waals surface area contributed by atoms with Crippen molar-refractivity contribution in [3.63, 3.8) is 0 Å². The molecule has 0 saturated carbocycles. The van der Waals surface area contributed by atoms with Gasteiger partial charge in [-0.15, -0.1) is 5.10 Å². The van der Waals surface area contributed by atoms with E-state index in [1.165, 1.54) is 11.5 Å². The highest BCUT2D eigenvalue weighted by Crippen LogP contribution is 2.26. The quantitative estimate of drug-likeness (QED) is 0.801. The fourth-order valence-electron chi connectivity index (χ4n) is 1.47. The number of carbonyl (C=O) groups excluding carboxylic acids is 1. The van der Waals surface area contributed by atoms with Crippen molar-refractivity contribution in [3.8, 4) is 0 Å². The number of hydrogen-bond donors (Lipinski definition) is 0. The lowest BCUT2D eigenvalue weighted by Crippen LogP contribution is -2.33. The van der Waals surface area contributed by atoms with Gasteiger partial charge in [0.2, 0.25) is 0 Å². The average molecular weight is 320 g/mol. The number of aromatic nitrogens is 2. The second-order valence-electron chi connectivity index (χ2n) is 4.77. The largest absolute Gasteiger partial charge is 0.337 e. The first-order valence-electron chi connectivity index (χ1n) is 5.59. The summed E-state index contributed by atoms with van der Waals surface area (Å²) in [5, 5.41) is 4.88. The molecule has 1 rings (SSSR count). The molecule has 17 heavy (non-hydrogen) atoms. The maximum Gasteiger partial charge on any atom is 0.267 e. The molecule has 1 aromatic rings. The summed E-state index contributed by atoms with van der Waals surface area (Å²) < 4.78 is 3.92. The van der Waals surface area contributed by atoms with Crippen LogP contribution in [0.25, 0.3) is 0 Å². The van der Waals surface area contributed by atoms with Crippen LogP contribution in [0.1, 0.15) is 43.1 Å². The molecule has 0 unspecified atom stereocenters. The summed E-state index contributed by atoms with van der Waals surface area (Å²) in [6, 6.07) is 0. The maximum absolute atomic E-state index is 12.3. The zero-order valence-corrected chi connectivity index (χ0v) is 13.1. The highest BCUT2D eigenvalue weighted by molar-refractivity contribution is 9.09. The lowest BCUT2D eigenvalue weighted by atomic mass is 9.91. The van der Waals surface area contributed by atoms with Gasteiger partial charge in [0.1, 0.15) is 4.88 Å². The molecule has 0 aliphatic carbocycles. The van der Waals surface area contributed by atoms with Crippen molar-refractivity contribution >= 4 is 33.4 Å². The van der Waals surface area contributed by atoms with Crippen LogP contribution in [-0.4, -0.2) is 38.8 Å². The number of alkyl halides is 1. The molecule has 0 N–H and O–H groups in total. The third-order valence-electron chi connectivity index (χ3n) is 2.42. The molecule has 0 saturated heterocycles. The zero-order chi connectivity index (χ0) is 13.1. The second kappa shape index (κ2) is 5.91. The van der Waals surface area contributed by atoms with Crippen LogP contribution in [0.5, 0.6) is 0 Å². The Hall–Kier alpha value is -0.490. The van der Waals surface area contributed by atoms with Crippen molar-refractivity contribution in [2.45, 2.75) is 33.1 Å². The lowest BCUT2D eigenvalue weighted by Gasteiger charge is -2.21. The van der Waals surface area contributed by atoms with Gasteiger partial charge in [0.15, 0.2) is 0 Å². The van der Waals surface area contributed by atoms with E-state index in [2.05, 4.69) is 25.5 Å². The van der Waals surface area contributed by atoms with Crippen LogP contribution in [0.2, 0.25) is 0 Å². The third-order valence-corrected chi connectivity index (χ3v) is 3.48. The molecule has 4 nitrogen and oxygen atoms in total. The molecular formula is C11H18BrN3OS. The van der Waals surface area contributed by atoms with Crippen molar-refractivity contribution in [1.82, 2.24) is 14.5 Å². The summed E-state index contributed by atoms with van der Waals surface area (Å²) in [6.07, 6.45) is 0. The Kier molecular flexibility index (Phi) is 5.06. The summed E-state index contributed by atoms with van der Waals surface area (Å²) in [5.41, 5.74) is 0.645. The van der Waals surface area contributed by atoms with Gasteiger partial charge < -0.3 is 4.90 Å².